The lowest BCUT2D eigenvalue weighted by Crippen LogP contribution is -2.18. The lowest BCUT2D eigenvalue weighted by atomic mass is 10.3. The number of carbonyl (C=O) groups is 1. The van der Waals surface area contributed by atoms with Crippen LogP contribution in [0.4, 0.5) is 5.82 Å². The van der Waals surface area contributed by atoms with Crippen LogP contribution in [0.1, 0.15) is 29.7 Å². The highest BCUT2D eigenvalue weighted by Gasteiger charge is 2.10. The van der Waals surface area contributed by atoms with Crippen LogP contribution in [0, 0.1) is 0 Å². The molecule has 2 aromatic heterocycles. The topological polar surface area (TPSA) is 111 Å². The van der Waals surface area contributed by atoms with Gasteiger partial charge in [0, 0.05) is 25.7 Å². The van der Waals surface area contributed by atoms with Gasteiger partial charge in [-0.25, -0.2) is 20.5 Å². The van der Waals surface area contributed by atoms with Gasteiger partial charge >= 0.3 is 0 Å². The molecule has 2 heterocycles. The van der Waals surface area contributed by atoms with E-state index in [1.807, 2.05) is 6.92 Å². The van der Waals surface area contributed by atoms with Crippen LogP contribution >= 0.6 is 0 Å². The highest BCUT2D eigenvalue weighted by atomic mass is 16.1. The minimum atomic E-state index is -0.247. The molecule has 0 fully saturated rings. The Labute approximate surface area is 116 Å². The maximum atomic E-state index is 11.5. The van der Waals surface area contributed by atoms with Crippen LogP contribution in [0.5, 0.6) is 0 Å². The first kappa shape index (κ1) is 13.9. The number of amides is 1. The van der Waals surface area contributed by atoms with E-state index in [-0.39, 0.29) is 5.91 Å². The molecule has 0 bridgehead atoms. The first-order chi connectivity index (χ1) is 9.67. The number of anilines is 1. The molecule has 106 valence electrons. The molecule has 20 heavy (non-hydrogen) atoms. The van der Waals surface area contributed by atoms with Crippen LogP contribution in [-0.4, -0.2) is 32.7 Å². The van der Waals surface area contributed by atoms with E-state index in [0.29, 0.717) is 23.2 Å². The summed E-state index contributed by atoms with van der Waals surface area (Å²) in [6.45, 7) is 2.04. The summed E-state index contributed by atoms with van der Waals surface area (Å²) in [4.78, 5) is 20.2. The van der Waals surface area contributed by atoms with Gasteiger partial charge in [-0.15, -0.1) is 0 Å². The summed E-state index contributed by atoms with van der Waals surface area (Å²) in [6.07, 6.45) is 3.34. The lowest BCUT2D eigenvalue weighted by Gasteiger charge is -2.07. The van der Waals surface area contributed by atoms with Gasteiger partial charge in [-0.1, -0.05) is 6.92 Å². The van der Waals surface area contributed by atoms with Gasteiger partial charge in [-0.3, -0.25) is 4.79 Å². The average molecular weight is 275 g/mol. The SMILES string of the molecule is CCCc1nc(NN)cc(-n2ccc(C(=O)NC)n2)n1. The third kappa shape index (κ3) is 2.91. The van der Waals surface area contributed by atoms with Crippen LogP contribution < -0.4 is 16.6 Å². The van der Waals surface area contributed by atoms with Crippen molar-refractivity contribution in [1.82, 2.24) is 25.1 Å². The number of nitrogens with two attached hydrogens (primary N) is 1. The second-order valence-electron chi connectivity index (χ2n) is 4.15. The Kier molecular flexibility index (Phi) is 4.26. The van der Waals surface area contributed by atoms with E-state index in [0.717, 1.165) is 12.8 Å². The molecule has 0 aliphatic rings. The average Bonchev–Trinajstić information content (AvgIpc) is 2.96. The fourth-order valence-corrected chi connectivity index (χ4v) is 1.71. The van der Waals surface area contributed by atoms with E-state index < -0.39 is 0 Å². The molecule has 2 rings (SSSR count). The van der Waals surface area contributed by atoms with E-state index in [1.165, 1.54) is 4.68 Å². The zero-order valence-electron chi connectivity index (χ0n) is 11.4. The Bertz CT molecular complexity index is 608. The minimum Gasteiger partial charge on any atom is -0.354 e. The molecule has 0 saturated heterocycles. The maximum absolute atomic E-state index is 11.5. The fraction of sp³-hybridized carbons (Fsp3) is 0.333. The molecule has 0 saturated carbocycles. The van der Waals surface area contributed by atoms with Gasteiger partial charge in [0.25, 0.3) is 5.91 Å². The van der Waals surface area contributed by atoms with E-state index in [2.05, 4.69) is 25.8 Å². The van der Waals surface area contributed by atoms with Crippen LogP contribution in [-0.2, 0) is 6.42 Å². The zero-order valence-corrected chi connectivity index (χ0v) is 11.4. The summed E-state index contributed by atoms with van der Waals surface area (Å²) in [6, 6.07) is 3.29. The molecule has 0 atom stereocenters. The molecule has 0 radical (unpaired) electrons. The largest absolute Gasteiger partial charge is 0.354 e. The van der Waals surface area contributed by atoms with Crippen molar-refractivity contribution in [2.45, 2.75) is 19.8 Å². The predicted octanol–water partition coefficient (Wildman–Crippen LogP) is 0.260. The summed E-state index contributed by atoms with van der Waals surface area (Å²) in [5.74, 6) is 6.90. The molecule has 0 aromatic carbocycles. The molecule has 8 nitrogen and oxygen atoms in total. The predicted molar refractivity (Wildman–Crippen MR) is 74.3 cm³/mol. The normalized spacial score (nSPS) is 10.3. The van der Waals surface area contributed by atoms with Crippen molar-refractivity contribution < 1.29 is 4.79 Å². The van der Waals surface area contributed by atoms with Crippen LogP contribution in [0.15, 0.2) is 18.3 Å². The number of nitrogens with zero attached hydrogens (tertiary/aromatic N) is 4. The Morgan fingerprint density at radius 2 is 2.25 bits per heavy atom. The van der Waals surface area contributed by atoms with Crippen LogP contribution in [0.25, 0.3) is 5.82 Å². The van der Waals surface area contributed by atoms with E-state index in [9.17, 15) is 4.79 Å². The van der Waals surface area contributed by atoms with Gasteiger partial charge in [-0.2, -0.15) is 5.10 Å². The van der Waals surface area contributed by atoms with Gasteiger partial charge in [0.1, 0.15) is 11.6 Å². The van der Waals surface area contributed by atoms with Gasteiger partial charge in [0.2, 0.25) is 0 Å². The van der Waals surface area contributed by atoms with Gasteiger partial charge < -0.3 is 10.7 Å². The second kappa shape index (κ2) is 6.11. The number of hydrazine groups is 1. The summed E-state index contributed by atoms with van der Waals surface area (Å²) in [7, 11) is 1.56. The molecule has 0 unspecified atom stereocenters. The monoisotopic (exact) mass is 275 g/mol. The van der Waals surface area contributed by atoms with Crippen LogP contribution in [0.3, 0.4) is 0 Å². The number of nitrogen functional groups attached to an aromatic ring is 1. The molecule has 0 aliphatic carbocycles. The standard InChI is InChI=1S/C12H17N7O/c1-3-4-9-15-10(17-13)7-11(16-9)19-6-5-8(18-19)12(20)14-2/h5-7H,3-4,13H2,1-2H3,(H,14,20)(H,15,16,17). The third-order valence-electron chi connectivity index (χ3n) is 2.66. The van der Waals surface area contributed by atoms with E-state index in [4.69, 9.17) is 5.84 Å². The van der Waals surface area contributed by atoms with Crippen molar-refractivity contribution in [3.8, 4) is 5.82 Å². The molecule has 0 spiro atoms. The zero-order chi connectivity index (χ0) is 14.5. The van der Waals surface area contributed by atoms with Crippen molar-refractivity contribution in [3.63, 3.8) is 0 Å². The summed E-state index contributed by atoms with van der Waals surface area (Å²) >= 11 is 0. The molecule has 1 amide bonds. The van der Waals surface area contributed by atoms with Crippen molar-refractivity contribution in [2.75, 3.05) is 12.5 Å². The number of carbonyl (C=O) groups excluding carboxylic acids is 1. The minimum absolute atomic E-state index is 0.247. The second-order valence-corrected chi connectivity index (χ2v) is 4.15. The highest BCUT2D eigenvalue weighted by molar-refractivity contribution is 5.91. The highest BCUT2D eigenvalue weighted by Crippen LogP contribution is 2.11. The molecular weight excluding hydrogens is 258 g/mol. The van der Waals surface area contributed by atoms with E-state index in [1.54, 1.807) is 25.4 Å². The number of rotatable bonds is 5. The number of aromatic nitrogens is 4. The molecule has 2 aromatic rings. The number of hydrogen-bond acceptors (Lipinski definition) is 6. The quantitative estimate of drug-likeness (QED) is 0.533. The Morgan fingerprint density at radius 3 is 2.90 bits per heavy atom. The van der Waals surface area contributed by atoms with Gasteiger partial charge in [0.05, 0.1) is 0 Å². The van der Waals surface area contributed by atoms with Crippen molar-refractivity contribution >= 4 is 11.7 Å². The lowest BCUT2D eigenvalue weighted by molar-refractivity contribution is 0.0957. The molecule has 0 aliphatic heterocycles. The third-order valence-corrected chi connectivity index (χ3v) is 2.66. The first-order valence-corrected chi connectivity index (χ1v) is 6.30. The van der Waals surface area contributed by atoms with Crippen molar-refractivity contribution in [1.29, 1.82) is 0 Å². The first-order valence-electron chi connectivity index (χ1n) is 6.30. The van der Waals surface area contributed by atoms with Crippen molar-refractivity contribution in [3.05, 3.63) is 29.8 Å². The fourth-order valence-electron chi connectivity index (χ4n) is 1.71. The number of hydrogen-bond donors (Lipinski definition) is 3. The van der Waals surface area contributed by atoms with Gasteiger partial charge in [0.15, 0.2) is 11.5 Å². The Hall–Kier alpha value is -2.48. The number of aryl methyl sites for hydroxylation is 1. The number of nitrogens with one attached hydrogen (secondary N) is 2. The van der Waals surface area contributed by atoms with E-state index >= 15 is 0 Å². The van der Waals surface area contributed by atoms with Gasteiger partial charge in [-0.05, 0) is 12.5 Å². The Balaban J connectivity index is 2.38. The summed E-state index contributed by atoms with van der Waals surface area (Å²) in [5, 5.41) is 6.69. The molecule has 8 heteroatoms. The summed E-state index contributed by atoms with van der Waals surface area (Å²) in [5.41, 5.74) is 2.83. The van der Waals surface area contributed by atoms with Crippen LogP contribution in [0.2, 0.25) is 0 Å². The Morgan fingerprint density at radius 1 is 1.45 bits per heavy atom. The molecule has 4 N–H and O–H groups in total. The smallest absolute Gasteiger partial charge is 0.271 e. The molecular formula is C12H17N7O. The maximum Gasteiger partial charge on any atom is 0.271 e. The van der Waals surface area contributed by atoms with Crippen molar-refractivity contribution in [2.24, 2.45) is 5.84 Å². The summed E-state index contributed by atoms with van der Waals surface area (Å²) < 4.78 is 1.52.